The van der Waals surface area contributed by atoms with Crippen molar-refractivity contribution >= 4 is 21.8 Å². The number of morpholine rings is 1. The third kappa shape index (κ3) is 1.94. The van der Waals surface area contributed by atoms with Crippen LogP contribution in [0.25, 0.3) is 21.8 Å². The molecule has 4 rings (SSSR count). The van der Waals surface area contributed by atoms with Crippen LogP contribution in [0.15, 0.2) is 42.6 Å². The van der Waals surface area contributed by atoms with Crippen LogP contribution in [-0.2, 0) is 4.74 Å². The molecule has 2 heterocycles. The maximum Gasteiger partial charge on any atom is 0.113 e. The summed E-state index contributed by atoms with van der Waals surface area (Å²) in [5, 5.41) is 5.66. The van der Waals surface area contributed by atoms with Crippen LogP contribution in [0.5, 0.6) is 0 Å². The van der Waals surface area contributed by atoms with Gasteiger partial charge in [-0.25, -0.2) is 4.98 Å². The molecule has 0 radical (unpaired) electrons. The smallest absolute Gasteiger partial charge is 0.113 e. The summed E-state index contributed by atoms with van der Waals surface area (Å²) in [4.78, 5) is 9.34. The van der Waals surface area contributed by atoms with Crippen LogP contribution in [0.3, 0.4) is 0 Å². The topological polar surface area (TPSA) is 47.0 Å². The Morgan fingerprint density at radius 3 is 3.00 bits per heavy atom. The maximum absolute atomic E-state index is 5.76. The van der Waals surface area contributed by atoms with E-state index in [0.717, 1.165) is 41.8 Å². The van der Waals surface area contributed by atoms with Crippen LogP contribution in [-0.4, -0.2) is 29.7 Å². The van der Waals surface area contributed by atoms with Gasteiger partial charge in [-0.2, -0.15) is 0 Å². The molecule has 3 aromatic rings. The number of rotatable bonds is 1. The Morgan fingerprint density at radius 1 is 1.15 bits per heavy atom. The van der Waals surface area contributed by atoms with Crippen molar-refractivity contribution in [2.24, 2.45) is 0 Å². The van der Waals surface area contributed by atoms with Gasteiger partial charge in [0.1, 0.15) is 6.10 Å². The average molecular weight is 265 g/mol. The van der Waals surface area contributed by atoms with Crippen molar-refractivity contribution < 1.29 is 4.74 Å². The van der Waals surface area contributed by atoms with E-state index in [2.05, 4.69) is 28.5 Å². The molecule has 2 aromatic carbocycles. The highest BCUT2D eigenvalue weighted by Crippen LogP contribution is 2.24. The summed E-state index contributed by atoms with van der Waals surface area (Å²) in [7, 11) is 0. The molecule has 0 spiro atoms. The highest BCUT2D eigenvalue weighted by molar-refractivity contribution is 6.03. The van der Waals surface area contributed by atoms with Crippen LogP contribution in [0.1, 0.15) is 11.8 Å². The first kappa shape index (κ1) is 11.8. The average Bonchev–Trinajstić information content (AvgIpc) is 2.55. The lowest BCUT2D eigenvalue weighted by atomic mass is 10.1. The van der Waals surface area contributed by atoms with E-state index in [9.17, 15) is 0 Å². The SMILES string of the molecule is c1ccc2c(c1)ccc1ncc(C3CNCCO3)nc12. The van der Waals surface area contributed by atoms with Crippen molar-refractivity contribution in [1.29, 1.82) is 0 Å². The molecule has 1 unspecified atom stereocenters. The third-order valence-corrected chi connectivity index (χ3v) is 3.71. The zero-order valence-corrected chi connectivity index (χ0v) is 11.0. The molecule has 1 aliphatic heterocycles. The van der Waals surface area contributed by atoms with Crippen LogP contribution in [0.2, 0.25) is 0 Å². The second kappa shape index (κ2) is 4.81. The van der Waals surface area contributed by atoms with Crippen molar-refractivity contribution in [3.8, 4) is 0 Å². The lowest BCUT2D eigenvalue weighted by Gasteiger charge is -2.23. The monoisotopic (exact) mass is 265 g/mol. The minimum absolute atomic E-state index is 0.000353. The summed E-state index contributed by atoms with van der Waals surface area (Å²) in [5.74, 6) is 0. The first-order chi connectivity index (χ1) is 9.92. The predicted molar refractivity (Wildman–Crippen MR) is 78.6 cm³/mol. The highest BCUT2D eigenvalue weighted by Gasteiger charge is 2.18. The first-order valence-corrected chi connectivity index (χ1v) is 6.88. The Labute approximate surface area is 116 Å². The molecule has 0 saturated carbocycles. The summed E-state index contributed by atoms with van der Waals surface area (Å²) in [6.45, 7) is 2.42. The van der Waals surface area contributed by atoms with Crippen LogP contribution in [0.4, 0.5) is 0 Å². The first-order valence-electron chi connectivity index (χ1n) is 6.88. The van der Waals surface area contributed by atoms with Gasteiger partial charge in [0, 0.05) is 18.5 Å². The van der Waals surface area contributed by atoms with Gasteiger partial charge in [0.2, 0.25) is 0 Å². The number of fused-ring (bicyclic) bond motifs is 3. The number of hydrogen-bond acceptors (Lipinski definition) is 4. The fraction of sp³-hybridized carbons (Fsp3) is 0.250. The Morgan fingerprint density at radius 2 is 2.10 bits per heavy atom. The van der Waals surface area contributed by atoms with E-state index < -0.39 is 0 Å². The summed E-state index contributed by atoms with van der Waals surface area (Å²) in [5.41, 5.74) is 2.78. The largest absolute Gasteiger partial charge is 0.369 e. The molecule has 4 nitrogen and oxygen atoms in total. The van der Waals surface area contributed by atoms with Gasteiger partial charge in [-0.15, -0.1) is 0 Å². The second-order valence-corrected chi connectivity index (χ2v) is 5.01. The van der Waals surface area contributed by atoms with Crippen LogP contribution < -0.4 is 5.32 Å². The molecule has 1 aliphatic rings. The summed E-state index contributed by atoms with van der Waals surface area (Å²) >= 11 is 0. The number of nitrogens with one attached hydrogen (secondary N) is 1. The van der Waals surface area contributed by atoms with Gasteiger partial charge in [0.15, 0.2) is 0 Å². The molecule has 1 N–H and O–H groups in total. The zero-order valence-electron chi connectivity index (χ0n) is 11.0. The van der Waals surface area contributed by atoms with Gasteiger partial charge in [-0.3, -0.25) is 4.98 Å². The molecule has 4 heteroatoms. The minimum atomic E-state index is -0.000353. The molecular weight excluding hydrogens is 250 g/mol. The van der Waals surface area contributed by atoms with Gasteiger partial charge in [-0.05, 0) is 11.5 Å². The standard InChI is InChI=1S/C16H15N3O/c1-2-4-12-11(3-1)5-6-13-16(12)19-14(9-18-13)15-10-17-7-8-20-15/h1-6,9,15,17H,7-8,10H2. The van der Waals surface area contributed by atoms with Crippen LogP contribution >= 0.6 is 0 Å². The van der Waals surface area contributed by atoms with E-state index in [1.807, 2.05) is 24.4 Å². The van der Waals surface area contributed by atoms with E-state index in [0.29, 0.717) is 0 Å². The van der Waals surface area contributed by atoms with Crippen molar-refractivity contribution in [3.63, 3.8) is 0 Å². The molecule has 0 bridgehead atoms. The quantitative estimate of drug-likeness (QED) is 0.686. The number of ether oxygens (including phenoxy) is 1. The Kier molecular flexibility index (Phi) is 2.83. The van der Waals surface area contributed by atoms with Crippen molar-refractivity contribution in [2.75, 3.05) is 19.7 Å². The molecule has 20 heavy (non-hydrogen) atoms. The summed E-state index contributed by atoms with van der Waals surface area (Å²) < 4.78 is 5.76. The van der Waals surface area contributed by atoms with Gasteiger partial charge >= 0.3 is 0 Å². The molecular formula is C16H15N3O. The second-order valence-electron chi connectivity index (χ2n) is 5.01. The zero-order chi connectivity index (χ0) is 13.4. The fourth-order valence-corrected chi connectivity index (χ4v) is 2.67. The molecule has 0 aliphatic carbocycles. The highest BCUT2D eigenvalue weighted by atomic mass is 16.5. The van der Waals surface area contributed by atoms with E-state index in [4.69, 9.17) is 9.72 Å². The molecule has 1 atom stereocenters. The van der Waals surface area contributed by atoms with Gasteiger partial charge in [0.25, 0.3) is 0 Å². The minimum Gasteiger partial charge on any atom is -0.369 e. The summed E-state index contributed by atoms with van der Waals surface area (Å²) in [6.07, 6.45) is 1.83. The number of nitrogens with zero attached hydrogens (tertiary/aromatic N) is 2. The number of hydrogen-bond donors (Lipinski definition) is 1. The van der Waals surface area contributed by atoms with Gasteiger partial charge in [0.05, 0.1) is 29.5 Å². The molecule has 1 aromatic heterocycles. The molecule has 1 saturated heterocycles. The normalized spacial score (nSPS) is 19.5. The summed E-state index contributed by atoms with van der Waals surface area (Å²) in [6, 6.07) is 12.4. The lowest BCUT2D eigenvalue weighted by Crippen LogP contribution is -2.33. The lowest BCUT2D eigenvalue weighted by molar-refractivity contribution is 0.0250. The van der Waals surface area contributed by atoms with Crippen molar-refractivity contribution in [3.05, 3.63) is 48.3 Å². The molecule has 0 amide bonds. The van der Waals surface area contributed by atoms with Crippen LogP contribution in [0, 0.1) is 0 Å². The van der Waals surface area contributed by atoms with E-state index in [1.54, 1.807) is 0 Å². The third-order valence-electron chi connectivity index (χ3n) is 3.71. The molecule has 100 valence electrons. The Balaban J connectivity index is 1.90. The maximum atomic E-state index is 5.76. The van der Waals surface area contributed by atoms with Gasteiger partial charge < -0.3 is 10.1 Å². The fourth-order valence-electron chi connectivity index (χ4n) is 2.67. The Bertz CT molecular complexity index is 766. The molecule has 1 fully saturated rings. The van der Waals surface area contributed by atoms with Crippen molar-refractivity contribution in [1.82, 2.24) is 15.3 Å². The number of aromatic nitrogens is 2. The number of benzene rings is 2. The Hall–Kier alpha value is -2.04. The predicted octanol–water partition coefficient (Wildman–Crippen LogP) is 2.44. The van der Waals surface area contributed by atoms with E-state index >= 15 is 0 Å². The van der Waals surface area contributed by atoms with Crippen molar-refractivity contribution in [2.45, 2.75) is 6.10 Å². The van der Waals surface area contributed by atoms with E-state index in [-0.39, 0.29) is 6.10 Å². The van der Waals surface area contributed by atoms with Gasteiger partial charge in [-0.1, -0.05) is 30.3 Å². The van der Waals surface area contributed by atoms with E-state index in [1.165, 1.54) is 5.39 Å².